The van der Waals surface area contributed by atoms with Gasteiger partial charge in [-0.1, -0.05) is 59.7 Å². The molecule has 1 nitrogen and oxygen atoms in total. The summed E-state index contributed by atoms with van der Waals surface area (Å²) < 4.78 is 0. The Bertz CT molecular complexity index is 722. The SMILES string of the molecule is S=C1CC=C(c2ccccc2Cl)c2cc(Cl)ccc2N1. The van der Waals surface area contributed by atoms with Crippen molar-refractivity contribution in [2.24, 2.45) is 0 Å². The molecule has 0 atom stereocenters. The van der Waals surface area contributed by atoms with Gasteiger partial charge in [-0.3, -0.25) is 0 Å². The zero-order valence-electron chi connectivity index (χ0n) is 10.5. The van der Waals surface area contributed by atoms with Gasteiger partial charge in [-0.2, -0.15) is 0 Å². The molecule has 1 aliphatic rings. The Hall–Kier alpha value is -1.35. The Labute approximate surface area is 133 Å². The second-order valence-electron chi connectivity index (χ2n) is 4.54. The van der Waals surface area contributed by atoms with E-state index in [0.29, 0.717) is 11.4 Å². The number of anilines is 1. The van der Waals surface area contributed by atoms with E-state index < -0.39 is 0 Å². The van der Waals surface area contributed by atoms with Gasteiger partial charge in [-0.25, -0.2) is 0 Å². The topological polar surface area (TPSA) is 12.0 Å². The van der Waals surface area contributed by atoms with Crippen LogP contribution in [0.4, 0.5) is 5.69 Å². The fourth-order valence-electron chi connectivity index (χ4n) is 2.29. The Morgan fingerprint density at radius 1 is 1.00 bits per heavy atom. The molecule has 0 spiro atoms. The van der Waals surface area contributed by atoms with Crippen molar-refractivity contribution in [3.63, 3.8) is 0 Å². The lowest BCUT2D eigenvalue weighted by Gasteiger charge is -2.13. The van der Waals surface area contributed by atoms with Gasteiger partial charge in [0.05, 0.1) is 4.99 Å². The molecule has 0 amide bonds. The molecule has 4 heteroatoms. The summed E-state index contributed by atoms with van der Waals surface area (Å²) in [5.41, 5.74) is 4.03. The maximum absolute atomic E-state index is 6.33. The quantitative estimate of drug-likeness (QED) is 0.690. The number of halogens is 2. The summed E-state index contributed by atoms with van der Waals surface area (Å²) in [4.78, 5) is 0.788. The minimum Gasteiger partial charge on any atom is -0.349 e. The zero-order valence-corrected chi connectivity index (χ0v) is 12.8. The van der Waals surface area contributed by atoms with E-state index >= 15 is 0 Å². The second kappa shape index (κ2) is 5.57. The summed E-state index contributed by atoms with van der Waals surface area (Å²) in [6.07, 6.45) is 2.78. The summed E-state index contributed by atoms with van der Waals surface area (Å²) in [7, 11) is 0. The molecule has 0 saturated heterocycles. The van der Waals surface area contributed by atoms with E-state index in [4.69, 9.17) is 35.4 Å². The third-order valence-electron chi connectivity index (χ3n) is 3.20. The number of fused-ring (bicyclic) bond motifs is 1. The highest BCUT2D eigenvalue weighted by molar-refractivity contribution is 7.80. The van der Waals surface area contributed by atoms with Gasteiger partial charge < -0.3 is 5.32 Å². The van der Waals surface area contributed by atoms with Gasteiger partial charge in [-0.15, -0.1) is 0 Å². The number of hydrogen-bond acceptors (Lipinski definition) is 1. The highest BCUT2D eigenvalue weighted by Crippen LogP contribution is 2.36. The van der Waals surface area contributed by atoms with Crippen LogP contribution >= 0.6 is 35.4 Å². The predicted octanol–water partition coefficient (Wildman–Crippen LogP) is 5.57. The second-order valence-corrected chi connectivity index (χ2v) is 5.88. The smallest absolute Gasteiger partial charge is 0.0835 e. The van der Waals surface area contributed by atoms with Crippen LogP contribution in [0, 0.1) is 0 Å². The van der Waals surface area contributed by atoms with Crippen LogP contribution in [-0.4, -0.2) is 4.99 Å². The maximum atomic E-state index is 6.33. The van der Waals surface area contributed by atoms with Gasteiger partial charge in [0.15, 0.2) is 0 Å². The van der Waals surface area contributed by atoms with Crippen molar-refractivity contribution in [1.82, 2.24) is 0 Å². The van der Waals surface area contributed by atoms with Crippen LogP contribution in [0.5, 0.6) is 0 Å². The Morgan fingerprint density at radius 3 is 2.60 bits per heavy atom. The zero-order chi connectivity index (χ0) is 14.1. The first-order valence-corrected chi connectivity index (χ1v) is 7.36. The minimum absolute atomic E-state index is 0.683. The maximum Gasteiger partial charge on any atom is 0.0835 e. The summed E-state index contributed by atoms with van der Waals surface area (Å²) in [6.45, 7) is 0. The standard InChI is InChI=1S/C16H11Cl2NS/c17-10-5-7-15-13(9-10)11(6-8-16(20)19-15)12-3-1-2-4-14(12)18/h1-7,9H,8H2,(H,19,20). The number of thiocarbonyl (C=S) groups is 1. The molecule has 0 aromatic heterocycles. The lowest BCUT2D eigenvalue weighted by molar-refractivity contribution is 1.50. The average molecular weight is 320 g/mol. The molecule has 2 aromatic carbocycles. The van der Waals surface area contributed by atoms with Crippen molar-refractivity contribution in [2.45, 2.75) is 6.42 Å². The number of nitrogens with one attached hydrogen (secondary N) is 1. The van der Waals surface area contributed by atoms with Crippen LogP contribution in [0.3, 0.4) is 0 Å². The van der Waals surface area contributed by atoms with Crippen LogP contribution < -0.4 is 5.32 Å². The lowest BCUT2D eigenvalue weighted by atomic mass is 9.96. The summed E-state index contributed by atoms with van der Waals surface area (Å²) in [5, 5.41) is 4.66. The van der Waals surface area contributed by atoms with Crippen molar-refractivity contribution >= 4 is 51.7 Å². The molecule has 100 valence electrons. The molecule has 0 bridgehead atoms. The first-order valence-electron chi connectivity index (χ1n) is 6.20. The first kappa shape index (κ1) is 13.6. The molecule has 1 aliphatic heterocycles. The largest absolute Gasteiger partial charge is 0.349 e. The Morgan fingerprint density at radius 2 is 1.80 bits per heavy atom. The highest BCUT2D eigenvalue weighted by atomic mass is 35.5. The summed E-state index contributed by atoms with van der Waals surface area (Å²) in [5.74, 6) is 0. The van der Waals surface area contributed by atoms with Crippen molar-refractivity contribution in [3.05, 3.63) is 69.7 Å². The van der Waals surface area contributed by atoms with Gasteiger partial charge in [0.1, 0.15) is 0 Å². The third kappa shape index (κ3) is 2.59. The Balaban J connectivity index is 2.23. The molecule has 1 heterocycles. The molecule has 0 unspecified atom stereocenters. The van der Waals surface area contributed by atoms with Gasteiger partial charge in [-0.05, 0) is 29.8 Å². The van der Waals surface area contributed by atoms with Crippen molar-refractivity contribution < 1.29 is 0 Å². The molecular formula is C16H11Cl2NS. The number of benzene rings is 2. The van der Waals surface area contributed by atoms with Crippen LogP contribution in [0.1, 0.15) is 17.5 Å². The monoisotopic (exact) mass is 319 g/mol. The fourth-order valence-corrected chi connectivity index (χ4v) is 2.89. The normalized spacial score (nSPS) is 14.1. The molecule has 2 aromatic rings. The van der Waals surface area contributed by atoms with Crippen molar-refractivity contribution in [2.75, 3.05) is 5.32 Å². The first-order chi connectivity index (χ1) is 9.65. The van der Waals surface area contributed by atoms with E-state index in [2.05, 4.69) is 11.4 Å². The molecule has 0 radical (unpaired) electrons. The highest BCUT2D eigenvalue weighted by Gasteiger charge is 2.16. The lowest BCUT2D eigenvalue weighted by Crippen LogP contribution is -2.06. The minimum atomic E-state index is 0.683. The van der Waals surface area contributed by atoms with E-state index in [1.165, 1.54) is 0 Å². The van der Waals surface area contributed by atoms with E-state index in [1.54, 1.807) is 0 Å². The van der Waals surface area contributed by atoms with Gasteiger partial charge in [0.2, 0.25) is 0 Å². The third-order valence-corrected chi connectivity index (χ3v) is 4.03. The molecule has 3 rings (SSSR count). The van der Waals surface area contributed by atoms with Crippen molar-refractivity contribution in [3.8, 4) is 0 Å². The van der Waals surface area contributed by atoms with E-state index in [1.807, 2.05) is 42.5 Å². The summed E-state index contributed by atoms with van der Waals surface area (Å²) in [6, 6.07) is 13.5. The van der Waals surface area contributed by atoms with E-state index in [9.17, 15) is 0 Å². The summed E-state index contributed by atoms with van der Waals surface area (Å²) >= 11 is 17.8. The number of hydrogen-bond donors (Lipinski definition) is 1. The van der Waals surface area contributed by atoms with Crippen LogP contribution in [0.15, 0.2) is 48.5 Å². The van der Waals surface area contributed by atoms with Crippen LogP contribution in [0.2, 0.25) is 10.0 Å². The fraction of sp³-hybridized carbons (Fsp3) is 0.0625. The molecule has 1 N–H and O–H groups in total. The molecular weight excluding hydrogens is 309 g/mol. The molecule has 20 heavy (non-hydrogen) atoms. The van der Waals surface area contributed by atoms with Crippen LogP contribution in [-0.2, 0) is 0 Å². The van der Waals surface area contributed by atoms with E-state index in [-0.39, 0.29) is 0 Å². The average Bonchev–Trinajstić information content (AvgIpc) is 2.58. The Kier molecular flexibility index (Phi) is 3.79. The molecule has 0 fully saturated rings. The van der Waals surface area contributed by atoms with Crippen molar-refractivity contribution in [1.29, 1.82) is 0 Å². The van der Waals surface area contributed by atoms with Gasteiger partial charge >= 0.3 is 0 Å². The van der Waals surface area contributed by atoms with Gasteiger partial charge in [0.25, 0.3) is 0 Å². The van der Waals surface area contributed by atoms with Crippen LogP contribution in [0.25, 0.3) is 5.57 Å². The van der Waals surface area contributed by atoms with E-state index in [0.717, 1.165) is 32.4 Å². The van der Waals surface area contributed by atoms with Gasteiger partial charge in [0, 0.05) is 33.3 Å². The predicted molar refractivity (Wildman–Crippen MR) is 90.8 cm³/mol. The molecule has 0 aliphatic carbocycles. The molecule has 0 saturated carbocycles. The number of rotatable bonds is 1.